The Balaban J connectivity index is 1.70. The van der Waals surface area contributed by atoms with Crippen LogP contribution in [0.4, 0.5) is 0 Å². The zero-order valence-corrected chi connectivity index (χ0v) is 9.91. The van der Waals surface area contributed by atoms with Gasteiger partial charge in [-0.25, -0.2) is 4.98 Å². The highest BCUT2D eigenvalue weighted by atomic mass is 16.2. The summed E-state index contributed by atoms with van der Waals surface area (Å²) in [7, 11) is 2.15. The van der Waals surface area contributed by atoms with E-state index in [1.54, 1.807) is 18.6 Å². The molecule has 3 rings (SSSR count). The van der Waals surface area contributed by atoms with Gasteiger partial charge in [0.05, 0.1) is 6.20 Å². The molecule has 0 radical (unpaired) electrons. The molecule has 1 amide bonds. The Labute approximate surface area is 100 Å². The van der Waals surface area contributed by atoms with Gasteiger partial charge in [-0.05, 0) is 18.9 Å². The number of hydrogen-bond donors (Lipinski definition) is 0. The van der Waals surface area contributed by atoms with Crippen molar-refractivity contribution in [3.63, 3.8) is 0 Å². The lowest BCUT2D eigenvalue weighted by atomic mass is 10.0. The largest absolute Gasteiger partial charge is 0.337 e. The summed E-state index contributed by atoms with van der Waals surface area (Å²) in [5.41, 5.74) is 0.459. The summed E-state index contributed by atoms with van der Waals surface area (Å²) in [6.45, 7) is 3.94. The topological polar surface area (TPSA) is 49.3 Å². The number of likely N-dealkylation sites (tertiary alicyclic amines) is 2. The normalized spacial score (nSPS) is 28.4. The highest BCUT2D eigenvalue weighted by Gasteiger charge is 2.40. The van der Waals surface area contributed by atoms with Gasteiger partial charge in [-0.2, -0.15) is 0 Å². The monoisotopic (exact) mass is 232 g/mol. The quantitative estimate of drug-likeness (QED) is 0.689. The molecule has 5 nitrogen and oxygen atoms in total. The van der Waals surface area contributed by atoms with Crippen LogP contribution >= 0.6 is 0 Å². The van der Waals surface area contributed by atoms with Gasteiger partial charge in [0.2, 0.25) is 0 Å². The van der Waals surface area contributed by atoms with Crippen molar-refractivity contribution in [1.29, 1.82) is 0 Å². The van der Waals surface area contributed by atoms with E-state index >= 15 is 0 Å². The van der Waals surface area contributed by atoms with Crippen LogP contribution in [-0.4, -0.2) is 58.9 Å². The molecule has 3 heterocycles. The van der Waals surface area contributed by atoms with E-state index < -0.39 is 0 Å². The molecule has 0 bridgehead atoms. The minimum absolute atomic E-state index is 0.0233. The van der Waals surface area contributed by atoms with Crippen LogP contribution in [-0.2, 0) is 0 Å². The maximum absolute atomic E-state index is 12.2. The average Bonchev–Trinajstić information content (AvgIpc) is 2.86. The Bertz CT molecular complexity index is 408. The Hall–Kier alpha value is -1.49. The molecule has 2 unspecified atom stereocenters. The molecular weight excluding hydrogens is 216 g/mol. The molecule has 2 aliphatic heterocycles. The van der Waals surface area contributed by atoms with Crippen LogP contribution in [0, 0.1) is 11.8 Å². The van der Waals surface area contributed by atoms with E-state index in [1.807, 2.05) is 4.90 Å². The smallest absolute Gasteiger partial charge is 0.274 e. The number of rotatable bonds is 1. The highest BCUT2D eigenvalue weighted by molar-refractivity contribution is 5.92. The van der Waals surface area contributed by atoms with E-state index in [1.165, 1.54) is 0 Å². The number of carbonyl (C=O) groups is 1. The van der Waals surface area contributed by atoms with Gasteiger partial charge in [0.15, 0.2) is 0 Å². The number of carbonyl (C=O) groups excluding carboxylic acids is 1. The lowest BCUT2D eigenvalue weighted by Gasteiger charge is -2.18. The summed E-state index contributed by atoms with van der Waals surface area (Å²) < 4.78 is 0. The predicted molar refractivity (Wildman–Crippen MR) is 62.4 cm³/mol. The number of hydrogen-bond acceptors (Lipinski definition) is 4. The van der Waals surface area contributed by atoms with E-state index in [2.05, 4.69) is 21.9 Å². The second kappa shape index (κ2) is 4.07. The van der Waals surface area contributed by atoms with Gasteiger partial charge in [-0.3, -0.25) is 9.78 Å². The summed E-state index contributed by atoms with van der Waals surface area (Å²) in [4.78, 5) is 24.5. The first-order valence-corrected chi connectivity index (χ1v) is 5.98. The summed E-state index contributed by atoms with van der Waals surface area (Å²) in [5, 5.41) is 0. The molecule has 0 spiro atoms. The van der Waals surface area contributed by atoms with Crippen LogP contribution in [0.5, 0.6) is 0 Å². The second-order valence-corrected chi connectivity index (χ2v) is 5.04. The fourth-order valence-corrected chi connectivity index (χ4v) is 2.96. The standard InChI is InChI=1S/C12H16N4O/c1-15-5-9-7-16(8-10(9)6-15)12(17)11-4-13-2-3-14-11/h2-4,9-10H,5-8H2,1H3. The van der Waals surface area contributed by atoms with Crippen molar-refractivity contribution < 1.29 is 4.79 Å². The van der Waals surface area contributed by atoms with Gasteiger partial charge < -0.3 is 9.80 Å². The molecule has 17 heavy (non-hydrogen) atoms. The van der Waals surface area contributed by atoms with E-state index in [4.69, 9.17) is 0 Å². The summed E-state index contributed by atoms with van der Waals surface area (Å²) in [5.74, 6) is 1.30. The molecule has 2 atom stereocenters. The number of fused-ring (bicyclic) bond motifs is 1. The summed E-state index contributed by atoms with van der Waals surface area (Å²) in [6, 6.07) is 0. The lowest BCUT2D eigenvalue weighted by molar-refractivity contribution is 0.0769. The first-order valence-electron chi connectivity index (χ1n) is 5.98. The maximum Gasteiger partial charge on any atom is 0.274 e. The van der Waals surface area contributed by atoms with Crippen LogP contribution in [0.1, 0.15) is 10.5 Å². The molecule has 2 fully saturated rings. The predicted octanol–water partition coefficient (Wildman–Crippen LogP) is 0.110. The van der Waals surface area contributed by atoms with E-state index in [9.17, 15) is 4.79 Å². The summed E-state index contributed by atoms with van der Waals surface area (Å²) in [6.07, 6.45) is 4.70. The minimum Gasteiger partial charge on any atom is -0.337 e. The van der Waals surface area contributed by atoms with Crippen molar-refractivity contribution in [3.8, 4) is 0 Å². The molecule has 5 heteroatoms. The van der Waals surface area contributed by atoms with Crippen LogP contribution in [0.15, 0.2) is 18.6 Å². The Kier molecular flexibility index (Phi) is 2.55. The minimum atomic E-state index is 0.0233. The van der Waals surface area contributed by atoms with Crippen molar-refractivity contribution in [2.24, 2.45) is 11.8 Å². The van der Waals surface area contributed by atoms with Gasteiger partial charge in [0, 0.05) is 38.6 Å². The molecule has 0 aliphatic carbocycles. The van der Waals surface area contributed by atoms with E-state index in [-0.39, 0.29) is 5.91 Å². The Morgan fingerprint density at radius 1 is 1.24 bits per heavy atom. The third-order valence-corrected chi connectivity index (χ3v) is 3.74. The second-order valence-electron chi connectivity index (χ2n) is 5.04. The van der Waals surface area contributed by atoms with Crippen LogP contribution in [0.25, 0.3) is 0 Å². The number of aromatic nitrogens is 2. The molecular formula is C12H16N4O. The average molecular weight is 232 g/mol. The van der Waals surface area contributed by atoms with E-state index in [0.29, 0.717) is 17.5 Å². The highest BCUT2D eigenvalue weighted by Crippen LogP contribution is 2.30. The maximum atomic E-state index is 12.2. The van der Waals surface area contributed by atoms with Gasteiger partial charge in [0.25, 0.3) is 5.91 Å². The third kappa shape index (κ3) is 1.91. The van der Waals surface area contributed by atoms with E-state index in [0.717, 1.165) is 26.2 Å². The molecule has 0 saturated carbocycles. The molecule has 0 N–H and O–H groups in total. The van der Waals surface area contributed by atoms with Crippen LogP contribution in [0.2, 0.25) is 0 Å². The van der Waals surface area contributed by atoms with Crippen LogP contribution in [0.3, 0.4) is 0 Å². The summed E-state index contributed by atoms with van der Waals surface area (Å²) >= 11 is 0. The zero-order valence-electron chi connectivity index (χ0n) is 9.91. The van der Waals surface area contributed by atoms with Crippen molar-refractivity contribution in [3.05, 3.63) is 24.3 Å². The molecule has 2 saturated heterocycles. The lowest BCUT2D eigenvalue weighted by Crippen LogP contribution is -2.32. The van der Waals surface area contributed by atoms with Crippen LogP contribution < -0.4 is 0 Å². The van der Waals surface area contributed by atoms with Gasteiger partial charge in [-0.1, -0.05) is 0 Å². The molecule has 2 aliphatic rings. The van der Waals surface area contributed by atoms with Gasteiger partial charge in [-0.15, -0.1) is 0 Å². The fraction of sp³-hybridized carbons (Fsp3) is 0.583. The van der Waals surface area contributed by atoms with Crippen molar-refractivity contribution in [2.45, 2.75) is 0 Å². The SMILES string of the molecule is CN1CC2CN(C(=O)c3cnccn3)CC2C1. The Morgan fingerprint density at radius 3 is 2.53 bits per heavy atom. The van der Waals surface area contributed by atoms with Crippen molar-refractivity contribution >= 4 is 5.91 Å². The zero-order chi connectivity index (χ0) is 11.8. The molecule has 1 aromatic heterocycles. The number of nitrogens with zero attached hydrogens (tertiary/aromatic N) is 4. The van der Waals surface area contributed by atoms with Gasteiger partial charge in [0.1, 0.15) is 5.69 Å². The van der Waals surface area contributed by atoms with Crippen molar-refractivity contribution in [2.75, 3.05) is 33.2 Å². The molecule has 90 valence electrons. The Morgan fingerprint density at radius 2 is 1.94 bits per heavy atom. The first-order chi connectivity index (χ1) is 8.24. The molecule has 1 aromatic rings. The first kappa shape index (κ1) is 10.7. The fourth-order valence-electron chi connectivity index (χ4n) is 2.96. The van der Waals surface area contributed by atoms with Gasteiger partial charge >= 0.3 is 0 Å². The third-order valence-electron chi connectivity index (χ3n) is 3.74. The van der Waals surface area contributed by atoms with Crippen molar-refractivity contribution in [1.82, 2.24) is 19.8 Å². The molecule has 0 aromatic carbocycles. The number of amides is 1.